The molecule has 1 saturated carbocycles. The van der Waals surface area contributed by atoms with Crippen LogP contribution < -0.4 is 10.4 Å². The Morgan fingerprint density at radius 1 is 1.36 bits per heavy atom. The second-order valence-electron chi connectivity index (χ2n) is 7.28. The van der Waals surface area contributed by atoms with Gasteiger partial charge in [-0.3, -0.25) is 4.79 Å². The number of aryl methyl sites for hydroxylation is 1. The Morgan fingerprint density at radius 3 is 2.92 bits per heavy atom. The lowest BCUT2D eigenvalue weighted by Crippen LogP contribution is -2.35. The van der Waals surface area contributed by atoms with Crippen molar-refractivity contribution in [3.63, 3.8) is 0 Å². The minimum Gasteiger partial charge on any atom is -0.484 e. The second kappa shape index (κ2) is 5.90. The molecule has 2 fully saturated rings. The molecule has 132 valence electrons. The predicted molar refractivity (Wildman–Crippen MR) is 94.8 cm³/mol. The zero-order valence-corrected chi connectivity index (χ0v) is 14.7. The van der Waals surface area contributed by atoms with Crippen molar-refractivity contribution >= 4 is 16.9 Å². The molecule has 4 rings (SSSR count). The van der Waals surface area contributed by atoms with Gasteiger partial charge in [-0.2, -0.15) is 0 Å². The molecule has 2 aliphatic rings. The number of amides is 1. The molecule has 0 bridgehead atoms. The van der Waals surface area contributed by atoms with Gasteiger partial charge in [0.1, 0.15) is 11.3 Å². The molecule has 1 aromatic heterocycles. The normalized spacial score (nSPS) is 24.4. The lowest BCUT2D eigenvalue weighted by molar-refractivity contribution is -0.133. The fourth-order valence-electron chi connectivity index (χ4n) is 4.16. The number of ether oxygens (including phenoxy) is 1. The highest BCUT2D eigenvalue weighted by atomic mass is 16.5. The maximum Gasteiger partial charge on any atom is 0.336 e. The van der Waals surface area contributed by atoms with E-state index in [0.717, 1.165) is 36.9 Å². The maximum atomic E-state index is 12.4. The number of nitrogens with zero attached hydrogens (tertiary/aromatic N) is 1. The smallest absolute Gasteiger partial charge is 0.336 e. The number of rotatable bonds is 5. The first kappa shape index (κ1) is 16.2. The quantitative estimate of drug-likeness (QED) is 0.785. The highest BCUT2D eigenvalue weighted by molar-refractivity contribution is 5.82. The molecule has 0 unspecified atom stereocenters. The van der Waals surface area contributed by atoms with Gasteiger partial charge in [0.25, 0.3) is 5.91 Å². The van der Waals surface area contributed by atoms with E-state index >= 15 is 0 Å². The third kappa shape index (κ3) is 2.81. The van der Waals surface area contributed by atoms with Gasteiger partial charge in [0.05, 0.1) is 0 Å². The van der Waals surface area contributed by atoms with Gasteiger partial charge in [-0.15, -0.1) is 0 Å². The van der Waals surface area contributed by atoms with E-state index in [0.29, 0.717) is 22.7 Å². The molecule has 1 saturated heterocycles. The first-order valence-electron chi connectivity index (χ1n) is 9.02. The minimum atomic E-state index is -0.362. The first-order chi connectivity index (χ1) is 12.0. The molecular formula is C20H23NO4. The van der Waals surface area contributed by atoms with E-state index in [4.69, 9.17) is 9.15 Å². The Morgan fingerprint density at radius 2 is 2.20 bits per heavy atom. The first-order valence-corrected chi connectivity index (χ1v) is 9.02. The molecule has 0 spiro atoms. The summed E-state index contributed by atoms with van der Waals surface area (Å²) in [7, 11) is 0. The molecule has 1 aliphatic heterocycles. The van der Waals surface area contributed by atoms with Crippen LogP contribution in [0, 0.1) is 11.3 Å². The molecule has 1 amide bonds. The third-order valence-electron chi connectivity index (χ3n) is 5.91. The number of carbonyl (C=O) groups excluding carboxylic acids is 1. The van der Waals surface area contributed by atoms with Crippen LogP contribution in [0.3, 0.4) is 0 Å². The van der Waals surface area contributed by atoms with Crippen LogP contribution in [0.1, 0.15) is 32.3 Å². The molecule has 5 nitrogen and oxygen atoms in total. The molecule has 2 heterocycles. The van der Waals surface area contributed by atoms with Gasteiger partial charge in [0.2, 0.25) is 0 Å². The average Bonchev–Trinajstić information content (AvgIpc) is 3.19. The number of hydrogen-bond acceptors (Lipinski definition) is 4. The van der Waals surface area contributed by atoms with Crippen molar-refractivity contribution in [3.8, 4) is 5.75 Å². The van der Waals surface area contributed by atoms with Gasteiger partial charge in [-0.05, 0) is 48.3 Å². The van der Waals surface area contributed by atoms with Gasteiger partial charge in [-0.25, -0.2) is 4.79 Å². The number of fused-ring (bicyclic) bond motifs is 2. The van der Waals surface area contributed by atoms with E-state index in [9.17, 15) is 9.59 Å². The van der Waals surface area contributed by atoms with Crippen LogP contribution in [0.5, 0.6) is 5.75 Å². The molecule has 2 atom stereocenters. The van der Waals surface area contributed by atoms with E-state index in [1.165, 1.54) is 12.5 Å². The summed E-state index contributed by atoms with van der Waals surface area (Å²) in [6.07, 6.45) is 3.17. The van der Waals surface area contributed by atoms with Gasteiger partial charge >= 0.3 is 5.63 Å². The SMILES string of the molecule is CCc1cc(=O)oc2cc(OCC(=O)N3C[C@@H]4C[C@]4(CC)C3)ccc12. The van der Waals surface area contributed by atoms with E-state index in [-0.39, 0.29) is 18.1 Å². The topological polar surface area (TPSA) is 59.8 Å². The zero-order valence-electron chi connectivity index (χ0n) is 14.7. The van der Waals surface area contributed by atoms with E-state index < -0.39 is 0 Å². The number of piperidine rings is 1. The summed E-state index contributed by atoms with van der Waals surface area (Å²) in [4.78, 5) is 26.0. The summed E-state index contributed by atoms with van der Waals surface area (Å²) in [6.45, 7) is 5.96. The number of carbonyl (C=O) groups is 1. The summed E-state index contributed by atoms with van der Waals surface area (Å²) in [5.41, 5.74) is 1.48. The van der Waals surface area contributed by atoms with Crippen LogP contribution in [-0.4, -0.2) is 30.5 Å². The molecule has 25 heavy (non-hydrogen) atoms. The van der Waals surface area contributed by atoms with Crippen molar-refractivity contribution in [2.45, 2.75) is 33.1 Å². The van der Waals surface area contributed by atoms with Crippen LogP contribution in [-0.2, 0) is 11.2 Å². The van der Waals surface area contributed by atoms with Crippen molar-refractivity contribution in [2.75, 3.05) is 19.7 Å². The molecule has 2 aromatic rings. The fourth-order valence-corrected chi connectivity index (χ4v) is 4.16. The molecule has 5 heteroatoms. The zero-order chi connectivity index (χ0) is 17.6. The van der Waals surface area contributed by atoms with E-state index in [2.05, 4.69) is 6.92 Å². The van der Waals surface area contributed by atoms with Crippen molar-refractivity contribution in [2.24, 2.45) is 11.3 Å². The summed E-state index contributed by atoms with van der Waals surface area (Å²) in [5.74, 6) is 1.26. The maximum absolute atomic E-state index is 12.4. The van der Waals surface area contributed by atoms with Crippen molar-refractivity contribution < 1.29 is 13.9 Å². The highest BCUT2D eigenvalue weighted by Gasteiger charge is 2.59. The second-order valence-corrected chi connectivity index (χ2v) is 7.28. The largest absolute Gasteiger partial charge is 0.484 e. The summed E-state index contributed by atoms with van der Waals surface area (Å²) < 4.78 is 10.9. The molecule has 1 aliphatic carbocycles. The summed E-state index contributed by atoms with van der Waals surface area (Å²) >= 11 is 0. The third-order valence-corrected chi connectivity index (χ3v) is 5.91. The Balaban J connectivity index is 1.45. The van der Waals surface area contributed by atoms with Gasteiger partial charge in [0, 0.05) is 30.6 Å². The molecular weight excluding hydrogens is 318 g/mol. The Bertz CT molecular complexity index is 883. The lowest BCUT2D eigenvalue weighted by Gasteiger charge is -2.20. The van der Waals surface area contributed by atoms with Crippen LogP contribution in [0.4, 0.5) is 0 Å². The highest BCUT2D eigenvalue weighted by Crippen LogP contribution is 2.59. The Hall–Kier alpha value is -2.30. The van der Waals surface area contributed by atoms with Crippen molar-refractivity contribution in [3.05, 3.63) is 40.2 Å². The van der Waals surface area contributed by atoms with Crippen LogP contribution in [0.15, 0.2) is 33.5 Å². The number of likely N-dealkylation sites (tertiary alicyclic amines) is 1. The predicted octanol–water partition coefficient (Wildman–Crippen LogP) is 2.99. The number of hydrogen-bond donors (Lipinski definition) is 0. The average molecular weight is 341 g/mol. The fraction of sp³-hybridized carbons (Fsp3) is 0.500. The standard InChI is InChI=1S/C20H23NO4/c1-3-13-7-19(23)25-17-8-15(5-6-16(13)17)24-11-18(22)21-10-14-9-20(14,4-2)12-21/h5-8,14H,3-4,9-12H2,1-2H3/t14-,20+/m0/s1. The summed E-state index contributed by atoms with van der Waals surface area (Å²) in [6, 6.07) is 6.92. The molecule has 0 N–H and O–H groups in total. The van der Waals surface area contributed by atoms with Gasteiger partial charge < -0.3 is 14.1 Å². The van der Waals surface area contributed by atoms with Crippen molar-refractivity contribution in [1.82, 2.24) is 4.90 Å². The number of benzene rings is 1. The minimum absolute atomic E-state index is 0.0235. The molecule has 0 radical (unpaired) electrons. The monoisotopic (exact) mass is 341 g/mol. The van der Waals surface area contributed by atoms with E-state index in [1.54, 1.807) is 6.07 Å². The summed E-state index contributed by atoms with van der Waals surface area (Å²) in [5, 5.41) is 0.908. The molecule has 1 aromatic carbocycles. The Kier molecular flexibility index (Phi) is 3.82. The van der Waals surface area contributed by atoms with E-state index in [1.807, 2.05) is 24.0 Å². The van der Waals surface area contributed by atoms with Crippen LogP contribution in [0.25, 0.3) is 11.0 Å². The lowest BCUT2D eigenvalue weighted by atomic mass is 10.0. The van der Waals surface area contributed by atoms with Crippen LogP contribution in [0.2, 0.25) is 0 Å². The van der Waals surface area contributed by atoms with Gasteiger partial charge in [-0.1, -0.05) is 13.8 Å². The van der Waals surface area contributed by atoms with Crippen LogP contribution >= 0.6 is 0 Å². The Labute approximate surface area is 146 Å². The van der Waals surface area contributed by atoms with Gasteiger partial charge in [0.15, 0.2) is 6.61 Å². The van der Waals surface area contributed by atoms with Crippen molar-refractivity contribution in [1.29, 1.82) is 0 Å².